The van der Waals surface area contributed by atoms with E-state index in [2.05, 4.69) is 0 Å². The highest BCUT2D eigenvalue weighted by atomic mass is 16.7. The normalized spacial score (nSPS) is 24.3. The van der Waals surface area contributed by atoms with Gasteiger partial charge in [-0.2, -0.15) is 4.57 Å². The lowest BCUT2D eigenvalue weighted by Gasteiger charge is -2.21. The van der Waals surface area contributed by atoms with Gasteiger partial charge in [0.25, 0.3) is 0 Å². The van der Waals surface area contributed by atoms with Crippen LogP contribution in [0.15, 0.2) is 24.5 Å². The topological polar surface area (TPSA) is 101 Å². The smallest absolute Gasteiger partial charge is 0.304 e. The Morgan fingerprint density at radius 2 is 1.74 bits per heavy atom. The largest absolute Gasteiger partial charge is 0.463 e. The van der Waals surface area contributed by atoms with Crippen molar-refractivity contribution in [3.63, 3.8) is 0 Å². The molecule has 148 valence electrons. The van der Waals surface area contributed by atoms with Gasteiger partial charge < -0.3 is 23.7 Å². The van der Waals surface area contributed by atoms with Gasteiger partial charge in [0, 0.05) is 39.5 Å². The van der Waals surface area contributed by atoms with E-state index in [4.69, 9.17) is 23.7 Å². The highest BCUT2D eigenvalue weighted by molar-refractivity contribution is 5.67. The summed E-state index contributed by atoms with van der Waals surface area (Å²) in [6.45, 7) is 4.01. The fraction of sp³-hybridized carbons (Fsp3) is 0.556. The first-order valence-corrected chi connectivity index (χ1v) is 8.43. The van der Waals surface area contributed by atoms with Crippen molar-refractivity contribution >= 4 is 17.9 Å². The second-order valence-electron chi connectivity index (χ2n) is 6.11. The summed E-state index contributed by atoms with van der Waals surface area (Å²) in [6.07, 6.45) is 0.133. The molecule has 0 aromatic carbocycles. The van der Waals surface area contributed by atoms with Crippen molar-refractivity contribution in [2.75, 3.05) is 13.7 Å². The van der Waals surface area contributed by atoms with Crippen LogP contribution in [-0.2, 0) is 44.7 Å². The van der Waals surface area contributed by atoms with Crippen molar-refractivity contribution in [3.05, 3.63) is 30.1 Å². The van der Waals surface area contributed by atoms with Crippen molar-refractivity contribution in [2.24, 2.45) is 0 Å². The summed E-state index contributed by atoms with van der Waals surface area (Å²) in [5.41, 5.74) is 0.873. The Balaban J connectivity index is 2.34. The summed E-state index contributed by atoms with van der Waals surface area (Å²) in [5.74, 6) is -1.61. The fourth-order valence-electron chi connectivity index (χ4n) is 2.89. The molecule has 0 unspecified atom stereocenters. The Kier molecular flexibility index (Phi) is 7.26. The van der Waals surface area contributed by atoms with Crippen LogP contribution in [0.1, 0.15) is 32.6 Å². The molecule has 0 bridgehead atoms. The minimum absolute atomic E-state index is 0.139. The number of pyridine rings is 1. The zero-order valence-corrected chi connectivity index (χ0v) is 15.7. The van der Waals surface area contributed by atoms with Gasteiger partial charge in [-0.05, 0) is 6.07 Å². The van der Waals surface area contributed by atoms with Gasteiger partial charge in [-0.3, -0.25) is 14.4 Å². The van der Waals surface area contributed by atoms with Crippen molar-refractivity contribution in [3.8, 4) is 0 Å². The molecule has 2 rings (SSSR count). The van der Waals surface area contributed by atoms with Crippen LogP contribution in [-0.4, -0.2) is 49.9 Å². The number of carbonyl (C=O) groups excluding carboxylic acids is 3. The summed E-state index contributed by atoms with van der Waals surface area (Å²) >= 11 is 0. The molecule has 1 aliphatic rings. The van der Waals surface area contributed by atoms with Gasteiger partial charge in [0.05, 0.1) is 6.61 Å². The Morgan fingerprint density at radius 3 is 2.33 bits per heavy atom. The van der Waals surface area contributed by atoms with Crippen molar-refractivity contribution in [1.29, 1.82) is 0 Å². The van der Waals surface area contributed by atoms with Crippen LogP contribution in [0, 0.1) is 0 Å². The third-order valence-electron chi connectivity index (χ3n) is 3.83. The van der Waals surface area contributed by atoms with Crippen LogP contribution in [0.2, 0.25) is 0 Å². The summed E-state index contributed by atoms with van der Waals surface area (Å²) < 4.78 is 28.5. The standard InChI is InChI=1S/C18H24NO8/c1-11(20)24-10-15-16(25-12(2)21)17(26-13(3)22)18(27-15)19-7-5-6-14(8-19)9-23-4/h5-8,15-18H,9-10H2,1-4H3/q+1/t15-,16-,17-,18-/m1/s1. The van der Waals surface area contributed by atoms with Crippen LogP contribution >= 0.6 is 0 Å². The first-order chi connectivity index (χ1) is 12.8. The van der Waals surface area contributed by atoms with Crippen LogP contribution in [0.25, 0.3) is 0 Å². The zero-order valence-electron chi connectivity index (χ0n) is 15.7. The number of methoxy groups -OCH3 is 1. The molecule has 0 aliphatic carbocycles. The molecule has 27 heavy (non-hydrogen) atoms. The molecule has 1 aromatic heterocycles. The van der Waals surface area contributed by atoms with E-state index in [1.54, 1.807) is 30.1 Å². The van der Waals surface area contributed by atoms with Crippen LogP contribution in [0.4, 0.5) is 0 Å². The Hall–Kier alpha value is -2.52. The first kappa shape index (κ1) is 20.8. The van der Waals surface area contributed by atoms with Gasteiger partial charge in [-0.25, -0.2) is 0 Å². The molecule has 1 aromatic rings. The lowest BCUT2D eigenvalue weighted by Crippen LogP contribution is -2.48. The third kappa shape index (κ3) is 5.73. The number of hydrogen-bond acceptors (Lipinski definition) is 8. The molecule has 1 fully saturated rings. The van der Waals surface area contributed by atoms with Crippen LogP contribution in [0.5, 0.6) is 0 Å². The second-order valence-corrected chi connectivity index (χ2v) is 6.11. The first-order valence-electron chi connectivity index (χ1n) is 8.43. The number of rotatable bonds is 7. The van der Waals surface area contributed by atoms with E-state index in [1.807, 2.05) is 6.07 Å². The number of esters is 3. The van der Waals surface area contributed by atoms with E-state index in [9.17, 15) is 14.4 Å². The average molecular weight is 382 g/mol. The molecule has 0 radical (unpaired) electrons. The molecule has 0 N–H and O–H groups in total. The molecular formula is C18H24NO8+. The number of carbonyl (C=O) groups is 3. The number of ether oxygens (including phenoxy) is 5. The van der Waals surface area contributed by atoms with Gasteiger partial charge in [-0.1, -0.05) is 0 Å². The predicted molar refractivity (Wildman–Crippen MR) is 89.0 cm³/mol. The fourth-order valence-corrected chi connectivity index (χ4v) is 2.89. The van der Waals surface area contributed by atoms with E-state index in [0.717, 1.165) is 5.56 Å². The maximum absolute atomic E-state index is 11.6. The average Bonchev–Trinajstić information content (AvgIpc) is 2.90. The monoisotopic (exact) mass is 382 g/mol. The molecule has 1 aliphatic heterocycles. The summed E-state index contributed by atoms with van der Waals surface area (Å²) in [4.78, 5) is 34.3. The quantitative estimate of drug-likeness (QED) is 0.380. The lowest BCUT2D eigenvalue weighted by molar-refractivity contribution is -0.765. The van der Waals surface area contributed by atoms with Gasteiger partial charge in [0.2, 0.25) is 6.10 Å². The molecular weight excluding hydrogens is 358 g/mol. The van der Waals surface area contributed by atoms with Gasteiger partial charge in [0.1, 0.15) is 12.7 Å². The molecule has 1 saturated heterocycles. The molecule has 4 atom stereocenters. The van der Waals surface area contributed by atoms with Gasteiger partial charge in [0.15, 0.2) is 18.5 Å². The SMILES string of the molecule is COCc1ccc[n+]([C@@H]2O[C@H](COC(C)=O)[C@@H](OC(C)=O)[C@H]2OC(C)=O)c1. The highest BCUT2D eigenvalue weighted by Crippen LogP contribution is 2.31. The molecule has 2 heterocycles. The Labute approximate surface area is 157 Å². The Bertz CT molecular complexity index is 692. The minimum atomic E-state index is -0.922. The molecule has 9 nitrogen and oxygen atoms in total. The van der Waals surface area contributed by atoms with E-state index < -0.39 is 42.4 Å². The van der Waals surface area contributed by atoms with Crippen molar-refractivity contribution in [1.82, 2.24) is 0 Å². The predicted octanol–water partition coefficient (Wildman–Crippen LogP) is 0.444. The van der Waals surface area contributed by atoms with Crippen molar-refractivity contribution in [2.45, 2.75) is 51.9 Å². The van der Waals surface area contributed by atoms with Crippen molar-refractivity contribution < 1.29 is 42.6 Å². The number of aromatic nitrogens is 1. The third-order valence-corrected chi connectivity index (χ3v) is 3.83. The molecule has 0 amide bonds. The van der Waals surface area contributed by atoms with E-state index in [0.29, 0.717) is 6.61 Å². The zero-order chi connectivity index (χ0) is 20.0. The number of hydrogen-bond donors (Lipinski definition) is 0. The summed E-state index contributed by atoms with van der Waals surface area (Å²) in [5, 5.41) is 0. The molecule has 0 spiro atoms. The van der Waals surface area contributed by atoms with Crippen LogP contribution in [0.3, 0.4) is 0 Å². The molecule has 9 heteroatoms. The van der Waals surface area contributed by atoms with Gasteiger partial charge >= 0.3 is 24.1 Å². The lowest BCUT2D eigenvalue weighted by atomic mass is 10.1. The number of nitrogens with zero attached hydrogens (tertiary/aromatic N) is 1. The maximum Gasteiger partial charge on any atom is 0.304 e. The van der Waals surface area contributed by atoms with E-state index in [1.165, 1.54) is 20.8 Å². The second kappa shape index (κ2) is 9.43. The van der Waals surface area contributed by atoms with E-state index in [-0.39, 0.29) is 6.61 Å². The summed E-state index contributed by atoms with van der Waals surface area (Å²) in [6, 6.07) is 3.67. The Morgan fingerprint density at radius 1 is 1.07 bits per heavy atom. The van der Waals surface area contributed by atoms with Gasteiger partial charge in [-0.15, -0.1) is 0 Å². The molecule has 0 saturated carbocycles. The summed E-state index contributed by atoms with van der Waals surface area (Å²) in [7, 11) is 1.58. The highest BCUT2D eigenvalue weighted by Gasteiger charge is 2.54. The maximum atomic E-state index is 11.6. The minimum Gasteiger partial charge on any atom is -0.463 e. The van der Waals surface area contributed by atoms with E-state index >= 15 is 0 Å². The van der Waals surface area contributed by atoms with Crippen LogP contribution < -0.4 is 4.57 Å².